The summed E-state index contributed by atoms with van der Waals surface area (Å²) in [5, 5.41) is 11.6. The molecular weight excluding hydrogens is 286 g/mol. The van der Waals surface area contributed by atoms with Crippen molar-refractivity contribution in [2.45, 2.75) is 33.1 Å². The van der Waals surface area contributed by atoms with Gasteiger partial charge in [-0.2, -0.15) is 0 Å². The summed E-state index contributed by atoms with van der Waals surface area (Å²) < 4.78 is 5.44. The zero-order chi connectivity index (χ0) is 15.5. The van der Waals surface area contributed by atoms with Crippen molar-refractivity contribution < 1.29 is 14.6 Å². The van der Waals surface area contributed by atoms with Gasteiger partial charge in [-0.1, -0.05) is 25.2 Å². The highest BCUT2D eigenvalue weighted by Crippen LogP contribution is 2.20. The summed E-state index contributed by atoms with van der Waals surface area (Å²) >= 11 is 1.35. The molecule has 1 aromatic heterocycles. The number of rotatable bonds is 8. The molecule has 0 aromatic carbocycles. The van der Waals surface area contributed by atoms with Gasteiger partial charge < -0.3 is 15.2 Å². The number of carbonyl (C=O) groups is 1. The second-order valence-corrected chi connectivity index (χ2v) is 5.71. The van der Waals surface area contributed by atoms with Crippen LogP contribution in [0, 0.1) is 18.8 Å². The molecule has 1 aromatic rings. The number of unbranched alkanes of at least 4 members (excludes halogenated alkanes) is 1. The average molecular weight is 309 g/mol. The van der Waals surface area contributed by atoms with Crippen LogP contribution in [-0.4, -0.2) is 37.4 Å². The zero-order valence-electron chi connectivity index (χ0n) is 12.7. The van der Waals surface area contributed by atoms with E-state index in [4.69, 9.17) is 9.84 Å². The van der Waals surface area contributed by atoms with Gasteiger partial charge in [0.25, 0.3) is 5.91 Å². The van der Waals surface area contributed by atoms with E-state index >= 15 is 0 Å². The molecule has 0 aliphatic heterocycles. The minimum atomic E-state index is -0.170. The van der Waals surface area contributed by atoms with Gasteiger partial charge in [0.05, 0.1) is 9.75 Å². The molecule has 21 heavy (non-hydrogen) atoms. The van der Waals surface area contributed by atoms with Gasteiger partial charge in [0.1, 0.15) is 6.61 Å². The molecule has 0 spiro atoms. The van der Waals surface area contributed by atoms with Gasteiger partial charge in [-0.25, -0.2) is 0 Å². The molecule has 2 N–H and O–H groups in total. The first-order valence-electron chi connectivity index (χ1n) is 7.25. The zero-order valence-corrected chi connectivity index (χ0v) is 13.5. The van der Waals surface area contributed by atoms with E-state index in [0.717, 1.165) is 36.3 Å². The summed E-state index contributed by atoms with van der Waals surface area (Å²) in [6, 6.07) is 1.83. The number of amides is 1. The highest BCUT2D eigenvalue weighted by molar-refractivity contribution is 7.14. The van der Waals surface area contributed by atoms with Gasteiger partial charge in [0, 0.05) is 19.8 Å². The second-order valence-electron chi connectivity index (χ2n) is 4.66. The fourth-order valence-corrected chi connectivity index (χ4v) is 2.61. The van der Waals surface area contributed by atoms with Crippen LogP contribution in [0.3, 0.4) is 0 Å². The fourth-order valence-electron chi connectivity index (χ4n) is 1.65. The van der Waals surface area contributed by atoms with E-state index in [-0.39, 0.29) is 12.5 Å². The summed E-state index contributed by atoms with van der Waals surface area (Å²) in [4.78, 5) is 13.5. The number of nitrogens with one attached hydrogen (secondary N) is 1. The summed E-state index contributed by atoms with van der Waals surface area (Å²) in [5.74, 6) is 5.38. The molecule has 0 unspecified atom stereocenters. The predicted octanol–water partition coefficient (Wildman–Crippen LogP) is 2.34. The molecule has 5 heteroatoms. The van der Waals surface area contributed by atoms with Crippen LogP contribution < -0.4 is 5.32 Å². The molecule has 0 aliphatic carbocycles. The maximum atomic E-state index is 12.0. The van der Waals surface area contributed by atoms with E-state index < -0.39 is 0 Å². The van der Waals surface area contributed by atoms with Crippen molar-refractivity contribution in [2.24, 2.45) is 0 Å². The third-order valence-electron chi connectivity index (χ3n) is 2.82. The van der Waals surface area contributed by atoms with Crippen molar-refractivity contribution in [3.63, 3.8) is 0 Å². The first-order chi connectivity index (χ1) is 10.2. The van der Waals surface area contributed by atoms with Crippen molar-refractivity contribution in [3.8, 4) is 11.8 Å². The van der Waals surface area contributed by atoms with Gasteiger partial charge in [-0.3, -0.25) is 4.79 Å². The van der Waals surface area contributed by atoms with Crippen molar-refractivity contribution in [3.05, 3.63) is 21.4 Å². The first-order valence-corrected chi connectivity index (χ1v) is 8.06. The Morgan fingerprint density at radius 3 is 2.90 bits per heavy atom. The van der Waals surface area contributed by atoms with Crippen molar-refractivity contribution in [1.82, 2.24) is 5.32 Å². The van der Waals surface area contributed by atoms with Crippen molar-refractivity contribution >= 4 is 17.2 Å². The number of aliphatic hydroxyl groups excluding tert-OH is 1. The molecule has 0 saturated carbocycles. The SMILES string of the molecule is CCCCOCCCNC(=O)c1cc(C)c(C#CCO)s1. The van der Waals surface area contributed by atoms with Crippen LogP contribution in [0.15, 0.2) is 6.07 Å². The number of ether oxygens (including phenoxy) is 1. The largest absolute Gasteiger partial charge is 0.384 e. The fraction of sp³-hybridized carbons (Fsp3) is 0.562. The first kappa shape index (κ1) is 17.7. The highest BCUT2D eigenvalue weighted by Gasteiger charge is 2.10. The van der Waals surface area contributed by atoms with E-state index in [1.807, 2.05) is 13.0 Å². The van der Waals surface area contributed by atoms with Crippen LogP contribution in [0.25, 0.3) is 0 Å². The molecular formula is C16H23NO3S. The number of carbonyl (C=O) groups excluding carboxylic acids is 1. The Bertz CT molecular complexity index is 499. The average Bonchev–Trinajstić information content (AvgIpc) is 2.85. The molecule has 1 rings (SSSR count). The topological polar surface area (TPSA) is 58.6 Å². The highest BCUT2D eigenvalue weighted by atomic mass is 32.1. The molecule has 0 bridgehead atoms. The molecule has 1 heterocycles. The third-order valence-corrected chi connectivity index (χ3v) is 3.97. The number of thiophene rings is 1. The van der Waals surface area contributed by atoms with Crippen LogP contribution in [0.2, 0.25) is 0 Å². The van der Waals surface area contributed by atoms with E-state index in [1.54, 1.807) is 0 Å². The molecule has 0 radical (unpaired) electrons. The molecule has 4 nitrogen and oxygen atoms in total. The molecule has 1 amide bonds. The van der Waals surface area contributed by atoms with E-state index in [1.165, 1.54) is 11.3 Å². The Morgan fingerprint density at radius 2 is 2.19 bits per heavy atom. The van der Waals surface area contributed by atoms with Gasteiger partial charge in [0.2, 0.25) is 0 Å². The summed E-state index contributed by atoms with van der Waals surface area (Å²) in [7, 11) is 0. The van der Waals surface area contributed by atoms with Crippen LogP contribution in [0.5, 0.6) is 0 Å². The second kappa shape index (κ2) is 10.4. The summed E-state index contributed by atoms with van der Waals surface area (Å²) in [6.07, 6.45) is 3.03. The standard InChI is InChI=1S/C16H23NO3S/c1-3-4-10-20-11-6-8-17-16(19)15-12-13(2)14(21-15)7-5-9-18/h12,18H,3-4,6,8-11H2,1-2H3,(H,17,19). The Kier molecular flexibility index (Phi) is 8.76. The van der Waals surface area contributed by atoms with E-state index in [9.17, 15) is 4.79 Å². The van der Waals surface area contributed by atoms with Crippen molar-refractivity contribution in [2.75, 3.05) is 26.4 Å². The minimum absolute atomic E-state index is 0.0753. The monoisotopic (exact) mass is 309 g/mol. The van der Waals surface area contributed by atoms with Gasteiger partial charge >= 0.3 is 0 Å². The van der Waals surface area contributed by atoms with Crippen LogP contribution >= 0.6 is 11.3 Å². The molecule has 0 atom stereocenters. The molecule has 0 saturated heterocycles. The number of hydrogen-bond acceptors (Lipinski definition) is 4. The molecule has 116 valence electrons. The summed E-state index contributed by atoms with van der Waals surface area (Å²) in [6.45, 7) is 5.96. The Morgan fingerprint density at radius 1 is 1.43 bits per heavy atom. The lowest BCUT2D eigenvalue weighted by atomic mass is 10.2. The number of aryl methyl sites for hydroxylation is 1. The maximum absolute atomic E-state index is 12.0. The quantitative estimate of drug-likeness (QED) is 0.572. The normalized spacial score (nSPS) is 10.0. The number of hydrogen-bond donors (Lipinski definition) is 2. The minimum Gasteiger partial charge on any atom is -0.384 e. The smallest absolute Gasteiger partial charge is 0.261 e. The maximum Gasteiger partial charge on any atom is 0.261 e. The molecule has 0 aliphatic rings. The van der Waals surface area contributed by atoms with Crippen LogP contribution in [-0.2, 0) is 4.74 Å². The molecule has 0 fully saturated rings. The van der Waals surface area contributed by atoms with Crippen LogP contribution in [0.1, 0.15) is 46.3 Å². The Labute approximate surface area is 130 Å². The lowest BCUT2D eigenvalue weighted by Gasteiger charge is -2.04. The number of aliphatic hydroxyl groups is 1. The van der Waals surface area contributed by atoms with E-state index in [2.05, 4.69) is 24.1 Å². The van der Waals surface area contributed by atoms with Gasteiger partial charge in [0.15, 0.2) is 0 Å². The lowest BCUT2D eigenvalue weighted by Crippen LogP contribution is -2.24. The van der Waals surface area contributed by atoms with E-state index in [0.29, 0.717) is 18.0 Å². The summed E-state index contributed by atoms with van der Waals surface area (Å²) in [5.41, 5.74) is 0.967. The predicted molar refractivity (Wildman–Crippen MR) is 85.7 cm³/mol. The third kappa shape index (κ3) is 6.76. The lowest BCUT2D eigenvalue weighted by molar-refractivity contribution is 0.0944. The van der Waals surface area contributed by atoms with Crippen LogP contribution in [0.4, 0.5) is 0 Å². The van der Waals surface area contributed by atoms with Gasteiger partial charge in [-0.15, -0.1) is 11.3 Å². The Balaban J connectivity index is 2.32. The Hall–Kier alpha value is -1.35. The van der Waals surface area contributed by atoms with Gasteiger partial charge in [-0.05, 0) is 31.4 Å². The van der Waals surface area contributed by atoms with Crippen molar-refractivity contribution in [1.29, 1.82) is 0 Å².